The number of hydrogen-bond donors (Lipinski definition) is 0. The molecule has 6 nitrogen and oxygen atoms in total. The molecule has 2 fully saturated rings. The average Bonchev–Trinajstić information content (AvgIpc) is 3.41. The van der Waals surface area contributed by atoms with Crippen LogP contribution in [0.4, 0.5) is 0 Å². The molecule has 32 heavy (non-hydrogen) atoms. The molecule has 0 bridgehead atoms. The standard InChI is InChI=1S/C26H36N4O2/c1-4-20(3)32-16-25(31)28-11-9-26(10-12-28)17-29(18-26)24-8-5-21-13-22(6-7-23(21)24)30-15-19(2)14-27-30/h6-7,13-15,20,24H,4-5,8-12,16-18H2,1-3H3/t20?,24-/m1/s1. The van der Waals surface area contributed by atoms with E-state index in [0.717, 1.165) is 44.5 Å². The van der Waals surface area contributed by atoms with E-state index in [1.165, 1.54) is 36.2 Å². The van der Waals surface area contributed by atoms with Gasteiger partial charge in [0, 0.05) is 38.4 Å². The van der Waals surface area contributed by atoms with E-state index in [-0.39, 0.29) is 18.6 Å². The largest absolute Gasteiger partial charge is 0.369 e. The molecule has 2 aliphatic heterocycles. The number of carbonyl (C=O) groups excluding carboxylic acids is 1. The Labute approximate surface area is 191 Å². The minimum absolute atomic E-state index is 0.157. The van der Waals surface area contributed by atoms with E-state index in [4.69, 9.17) is 4.74 Å². The molecule has 2 saturated heterocycles. The Kier molecular flexibility index (Phi) is 5.84. The van der Waals surface area contributed by atoms with Crippen molar-refractivity contribution in [1.29, 1.82) is 0 Å². The fourth-order valence-corrected chi connectivity index (χ4v) is 5.66. The summed E-state index contributed by atoms with van der Waals surface area (Å²) >= 11 is 0. The second-order valence-electron chi connectivity index (χ2n) is 10.2. The van der Waals surface area contributed by atoms with Crippen molar-refractivity contribution >= 4 is 5.91 Å². The van der Waals surface area contributed by atoms with Crippen molar-refractivity contribution in [3.05, 3.63) is 47.3 Å². The molecule has 0 saturated carbocycles. The fourth-order valence-electron chi connectivity index (χ4n) is 5.66. The van der Waals surface area contributed by atoms with Crippen molar-refractivity contribution < 1.29 is 9.53 Å². The molecule has 1 aromatic heterocycles. The van der Waals surface area contributed by atoms with E-state index in [9.17, 15) is 4.79 Å². The third-order valence-electron chi connectivity index (χ3n) is 7.91. The van der Waals surface area contributed by atoms with Gasteiger partial charge in [0.05, 0.1) is 18.0 Å². The van der Waals surface area contributed by atoms with Crippen molar-refractivity contribution in [3.63, 3.8) is 0 Å². The Morgan fingerprint density at radius 3 is 2.75 bits per heavy atom. The van der Waals surface area contributed by atoms with E-state index < -0.39 is 0 Å². The molecule has 172 valence electrons. The highest BCUT2D eigenvalue weighted by atomic mass is 16.5. The molecular formula is C26H36N4O2. The van der Waals surface area contributed by atoms with Crippen LogP contribution in [-0.2, 0) is 16.0 Å². The maximum absolute atomic E-state index is 12.5. The smallest absolute Gasteiger partial charge is 0.248 e. The maximum atomic E-state index is 12.5. The molecule has 3 aliphatic rings. The van der Waals surface area contributed by atoms with Crippen LogP contribution in [0.25, 0.3) is 5.69 Å². The lowest BCUT2D eigenvalue weighted by molar-refractivity contribution is -0.143. The topological polar surface area (TPSA) is 50.6 Å². The summed E-state index contributed by atoms with van der Waals surface area (Å²) in [7, 11) is 0. The highest BCUT2D eigenvalue weighted by Gasteiger charge is 2.48. The lowest BCUT2D eigenvalue weighted by atomic mass is 9.71. The van der Waals surface area contributed by atoms with Crippen LogP contribution in [0.5, 0.6) is 0 Å². The third-order valence-corrected chi connectivity index (χ3v) is 7.91. The average molecular weight is 437 g/mol. The van der Waals surface area contributed by atoms with E-state index in [1.807, 2.05) is 22.7 Å². The van der Waals surface area contributed by atoms with Crippen LogP contribution < -0.4 is 0 Å². The highest BCUT2D eigenvalue weighted by molar-refractivity contribution is 5.77. The first-order valence-electron chi connectivity index (χ1n) is 12.2. The zero-order valence-electron chi connectivity index (χ0n) is 19.7. The van der Waals surface area contributed by atoms with Crippen LogP contribution in [0.2, 0.25) is 0 Å². The highest BCUT2D eigenvalue weighted by Crippen LogP contribution is 2.47. The summed E-state index contributed by atoms with van der Waals surface area (Å²) in [4.78, 5) is 17.1. The van der Waals surface area contributed by atoms with Gasteiger partial charge < -0.3 is 9.64 Å². The molecule has 1 aromatic carbocycles. The van der Waals surface area contributed by atoms with Crippen LogP contribution in [-0.4, -0.2) is 64.4 Å². The van der Waals surface area contributed by atoms with E-state index in [1.54, 1.807) is 0 Å². The second-order valence-corrected chi connectivity index (χ2v) is 10.2. The first kappa shape index (κ1) is 21.7. The van der Waals surface area contributed by atoms with Crippen molar-refractivity contribution in [3.8, 4) is 5.69 Å². The molecule has 3 heterocycles. The molecule has 1 aliphatic carbocycles. The van der Waals surface area contributed by atoms with Gasteiger partial charge in [-0.1, -0.05) is 13.0 Å². The number of aromatic nitrogens is 2. The minimum atomic E-state index is 0.157. The number of nitrogens with zero attached hydrogens (tertiary/aromatic N) is 4. The van der Waals surface area contributed by atoms with Gasteiger partial charge in [-0.3, -0.25) is 9.69 Å². The Morgan fingerprint density at radius 1 is 1.28 bits per heavy atom. The van der Waals surface area contributed by atoms with Crippen molar-refractivity contribution in [1.82, 2.24) is 19.6 Å². The first-order valence-corrected chi connectivity index (χ1v) is 12.2. The molecular weight excluding hydrogens is 400 g/mol. The quantitative estimate of drug-likeness (QED) is 0.689. The van der Waals surface area contributed by atoms with Crippen LogP contribution >= 0.6 is 0 Å². The summed E-state index contributed by atoms with van der Waals surface area (Å²) in [5.74, 6) is 0.157. The molecule has 0 N–H and O–H groups in total. The molecule has 5 rings (SSSR count). The number of benzene rings is 1. The normalized spacial score (nSPS) is 23.2. The predicted molar refractivity (Wildman–Crippen MR) is 125 cm³/mol. The second kappa shape index (κ2) is 8.64. The van der Waals surface area contributed by atoms with Gasteiger partial charge in [-0.05, 0) is 80.2 Å². The van der Waals surface area contributed by atoms with Crippen LogP contribution in [0.3, 0.4) is 0 Å². The summed E-state index contributed by atoms with van der Waals surface area (Å²) in [6.45, 7) is 10.5. The van der Waals surface area contributed by atoms with Gasteiger partial charge in [-0.2, -0.15) is 5.10 Å². The Morgan fingerprint density at radius 2 is 2.06 bits per heavy atom. The third kappa shape index (κ3) is 4.11. The van der Waals surface area contributed by atoms with Gasteiger partial charge in [-0.25, -0.2) is 4.68 Å². The SMILES string of the molecule is CCC(C)OCC(=O)N1CCC2(CC1)CN([C@@H]1CCc3cc(-n4cc(C)cn4)ccc31)C2. The lowest BCUT2D eigenvalue weighted by Gasteiger charge is -2.56. The maximum Gasteiger partial charge on any atom is 0.248 e. The Bertz CT molecular complexity index is 968. The fraction of sp³-hybridized carbons (Fsp3) is 0.615. The van der Waals surface area contributed by atoms with Crippen LogP contribution in [0.1, 0.15) is 62.3 Å². The number of carbonyl (C=O) groups is 1. The van der Waals surface area contributed by atoms with E-state index >= 15 is 0 Å². The number of fused-ring (bicyclic) bond motifs is 1. The molecule has 2 atom stereocenters. The molecule has 0 radical (unpaired) electrons. The zero-order chi connectivity index (χ0) is 22.3. The van der Waals surface area contributed by atoms with Gasteiger partial charge in [0.25, 0.3) is 0 Å². The monoisotopic (exact) mass is 436 g/mol. The lowest BCUT2D eigenvalue weighted by Crippen LogP contribution is -2.61. The number of aryl methyl sites for hydroxylation is 2. The van der Waals surface area contributed by atoms with E-state index in [0.29, 0.717) is 11.5 Å². The summed E-state index contributed by atoms with van der Waals surface area (Å²) in [6.07, 6.45) is 9.70. The number of likely N-dealkylation sites (tertiary alicyclic amines) is 2. The number of ether oxygens (including phenoxy) is 1. The summed E-state index contributed by atoms with van der Waals surface area (Å²) in [6, 6.07) is 7.41. The first-order chi connectivity index (χ1) is 15.5. The molecule has 2 aromatic rings. The molecule has 1 amide bonds. The summed E-state index contributed by atoms with van der Waals surface area (Å²) in [5.41, 5.74) is 5.73. The van der Waals surface area contributed by atoms with Crippen molar-refractivity contribution in [2.45, 2.75) is 65.0 Å². The van der Waals surface area contributed by atoms with Gasteiger partial charge in [0.15, 0.2) is 0 Å². The van der Waals surface area contributed by atoms with E-state index in [2.05, 4.69) is 48.2 Å². The molecule has 6 heteroatoms. The van der Waals surface area contributed by atoms with Crippen LogP contribution in [0.15, 0.2) is 30.6 Å². The summed E-state index contributed by atoms with van der Waals surface area (Å²) in [5, 5.41) is 4.46. The molecule has 1 unspecified atom stereocenters. The number of hydrogen-bond acceptors (Lipinski definition) is 4. The van der Waals surface area contributed by atoms with Crippen LogP contribution in [0, 0.1) is 12.3 Å². The number of piperidine rings is 1. The zero-order valence-corrected chi connectivity index (χ0v) is 19.7. The van der Waals surface area contributed by atoms with Gasteiger partial charge in [-0.15, -0.1) is 0 Å². The Hall–Kier alpha value is -2.18. The number of rotatable bonds is 6. The number of amides is 1. The minimum Gasteiger partial charge on any atom is -0.369 e. The van der Waals surface area contributed by atoms with Crippen molar-refractivity contribution in [2.75, 3.05) is 32.8 Å². The van der Waals surface area contributed by atoms with Gasteiger partial charge in [0.2, 0.25) is 5.91 Å². The Balaban J connectivity index is 1.15. The molecule has 1 spiro atoms. The summed E-state index contributed by atoms with van der Waals surface area (Å²) < 4.78 is 7.63. The van der Waals surface area contributed by atoms with Gasteiger partial charge >= 0.3 is 0 Å². The van der Waals surface area contributed by atoms with Gasteiger partial charge in [0.1, 0.15) is 6.61 Å². The predicted octanol–water partition coefficient (Wildman–Crippen LogP) is 3.91. The van der Waals surface area contributed by atoms with Crippen molar-refractivity contribution in [2.24, 2.45) is 5.41 Å².